The van der Waals surface area contributed by atoms with E-state index >= 15 is 0 Å². The molecule has 1 aliphatic rings. The second-order valence-corrected chi connectivity index (χ2v) is 13.7. The van der Waals surface area contributed by atoms with Gasteiger partial charge in [-0.2, -0.15) is 0 Å². The first kappa shape index (κ1) is 34.4. The summed E-state index contributed by atoms with van der Waals surface area (Å²) in [5.74, 6) is 4.26. The average molecular weight is 715 g/mol. The first-order chi connectivity index (χ1) is 26.4. The number of benzene rings is 4. The van der Waals surface area contributed by atoms with Crippen LogP contribution in [0.15, 0.2) is 134 Å². The highest BCUT2D eigenvalue weighted by Gasteiger charge is 2.23. The lowest BCUT2D eigenvalue weighted by atomic mass is 10.1. The first-order valence-electron chi connectivity index (χ1n) is 18.3. The van der Waals surface area contributed by atoms with E-state index in [4.69, 9.17) is 20.9 Å². The molecule has 0 spiro atoms. The van der Waals surface area contributed by atoms with Crippen molar-refractivity contribution < 1.29 is 9.47 Å². The lowest BCUT2D eigenvalue weighted by Crippen LogP contribution is -2.04. The molecule has 270 valence electrons. The predicted molar refractivity (Wildman–Crippen MR) is 216 cm³/mol. The van der Waals surface area contributed by atoms with Crippen molar-refractivity contribution in [3.05, 3.63) is 134 Å². The SMILES string of the molecule is CC(C)n1cc(-c2ccc(Oc3ccccc3)cc2)c2c(N)ncnc21.Nc1ncnc2c1c(-c1ccc(Oc3ccccc3)cc1)cn2C1CCCC1. The van der Waals surface area contributed by atoms with Gasteiger partial charge >= 0.3 is 0 Å². The summed E-state index contributed by atoms with van der Waals surface area (Å²) in [4.78, 5) is 17.4. The van der Waals surface area contributed by atoms with Crippen molar-refractivity contribution in [3.8, 4) is 45.3 Å². The van der Waals surface area contributed by atoms with E-state index in [2.05, 4.69) is 67.4 Å². The summed E-state index contributed by atoms with van der Waals surface area (Å²) in [7, 11) is 0. The molecule has 10 nitrogen and oxygen atoms in total. The van der Waals surface area contributed by atoms with Crippen molar-refractivity contribution in [2.75, 3.05) is 11.5 Å². The number of aromatic nitrogens is 6. The molecule has 4 N–H and O–H groups in total. The van der Waals surface area contributed by atoms with Crippen molar-refractivity contribution in [1.29, 1.82) is 0 Å². The van der Waals surface area contributed by atoms with E-state index in [-0.39, 0.29) is 6.04 Å². The molecule has 1 saturated carbocycles. The Hall–Kier alpha value is -6.68. The number of ether oxygens (including phenoxy) is 2. The van der Waals surface area contributed by atoms with Crippen molar-refractivity contribution in [3.63, 3.8) is 0 Å². The van der Waals surface area contributed by atoms with E-state index in [9.17, 15) is 0 Å². The van der Waals surface area contributed by atoms with Crippen LogP contribution in [0, 0.1) is 0 Å². The van der Waals surface area contributed by atoms with Gasteiger partial charge in [0.2, 0.25) is 0 Å². The fourth-order valence-corrected chi connectivity index (χ4v) is 7.16. The minimum atomic E-state index is 0.279. The Morgan fingerprint density at radius 2 is 1.00 bits per heavy atom. The maximum Gasteiger partial charge on any atom is 0.146 e. The maximum atomic E-state index is 6.25. The van der Waals surface area contributed by atoms with Crippen LogP contribution in [-0.2, 0) is 0 Å². The smallest absolute Gasteiger partial charge is 0.146 e. The van der Waals surface area contributed by atoms with Crippen molar-refractivity contribution in [1.82, 2.24) is 29.1 Å². The number of rotatable bonds is 8. The Kier molecular flexibility index (Phi) is 9.63. The monoisotopic (exact) mass is 714 g/mol. The minimum absolute atomic E-state index is 0.279. The summed E-state index contributed by atoms with van der Waals surface area (Å²) in [5.41, 5.74) is 18.4. The summed E-state index contributed by atoms with van der Waals surface area (Å²) in [5, 5.41) is 1.82. The molecule has 0 atom stereocenters. The van der Waals surface area contributed by atoms with Crippen molar-refractivity contribution >= 4 is 33.7 Å². The molecular formula is C44H42N8O2. The summed E-state index contributed by atoms with van der Waals surface area (Å²) in [6.45, 7) is 4.25. The highest BCUT2D eigenvalue weighted by atomic mass is 16.5. The van der Waals surface area contributed by atoms with Gasteiger partial charge in [-0.05, 0) is 86.3 Å². The van der Waals surface area contributed by atoms with Crippen LogP contribution in [0.3, 0.4) is 0 Å². The zero-order chi connectivity index (χ0) is 37.0. The molecule has 1 aliphatic carbocycles. The summed E-state index contributed by atoms with van der Waals surface area (Å²) in [6.07, 6.45) is 12.3. The predicted octanol–water partition coefficient (Wildman–Crippen LogP) is 10.6. The van der Waals surface area contributed by atoms with E-state index < -0.39 is 0 Å². The summed E-state index contributed by atoms with van der Waals surface area (Å²) < 4.78 is 16.2. The van der Waals surface area contributed by atoms with Gasteiger partial charge < -0.3 is 30.1 Å². The van der Waals surface area contributed by atoms with Crippen LogP contribution in [0.25, 0.3) is 44.3 Å². The van der Waals surface area contributed by atoms with Gasteiger partial charge in [-0.3, -0.25) is 0 Å². The van der Waals surface area contributed by atoms with Crippen LogP contribution in [0.2, 0.25) is 0 Å². The van der Waals surface area contributed by atoms with Gasteiger partial charge in [0, 0.05) is 35.6 Å². The van der Waals surface area contributed by atoms with Crippen LogP contribution in [-0.4, -0.2) is 29.1 Å². The Labute approximate surface area is 314 Å². The third-order valence-electron chi connectivity index (χ3n) is 9.84. The Bertz CT molecular complexity index is 2490. The Morgan fingerprint density at radius 1 is 0.556 bits per heavy atom. The number of para-hydroxylation sites is 2. The van der Waals surface area contributed by atoms with Crippen LogP contribution >= 0.6 is 0 Å². The van der Waals surface area contributed by atoms with Gasteiger partial charge in [0.25, 0.3) is 0 Å². The average Bonchev–Trinajstić information content (AvgIpc) is 3.96. The highest BCUT2D eigenvalue weighted by Crippen LogP contribution is 2.39. The molecule has 1 fully saturated rings. The zero-order valence-electron chi connectivity index (χ0n) is 30.3. The van der Waals surface area contributed by atoms with E-state index in [1.807, 2.05) is 97.1 Å². The number of fused-ring (bicyclic) bond motifs is 2. The maximum absolute atomic E-state index is 6.25. The molecule has 0 radical (unpaired) electrons. The fourth-order valence-electron chi connectivity index (χ4n) is 7.16. The molecule has 9 rings (SSSR count). The first-order valence-corrected chi connectivity index (χ1v) is 18.3. The van der Waals surface area contributed by atoms with Crippen LogP contribution in [0.5, 0.6) is 23.0 Å². The molecule has 8 aromatic rings. The van der Waals surface area contributed by atoms with E-state index in [1.54, 1.807) is 6.33 Å². The molecule has 54 heavy (non-hydrogen) atoms. The van der Waals surface area contributed by atoms with Crippen molar-refractivity contribution in [2.45, 2.75) is 51.6 Å². The van der Waals surface area contributed by atoms with Crippen molar-refractivity contribution in [2.24, 2.45) is 0 Å². The van der Waals surface area contributed by atoms with E-state index in [0.717, 1.165) is 67.3 Å². The second-order valence-electron chi connectivity index (χ2n) is 13.7. The third-order valence-corrected chi connectivity index (χ3v) is 9.84. The molecule has 4 aromatic carbocycles. The second kappa shape index (κ2) is 15.1. The topological polar surface area (TPSA) is 132 Å². The van der Waals surface area contributed by atoms with Gasteiger partial charge in [0.15, 0.2) is 0 Å². The number of anilines is 2. The number of hydrogen-bond donors (Lipinski definition) is 2. The lowest BCUT2D eigenvalue weighted by molar-refractivity contribution is 0.482. The molecule has 0 saturated heterocycles. The van der Waals surface area contributed by atoms with Crippen LogP contribution in [0.4, 0.5) is 11.6 Å². The van der Waals surface area contributed by atoms with Gasteiger partial charge in [-0.25, -0.2) is 19.9 Å². The van der Waals surface area contributed by atoms with Gasteiger partial charge in [-0.1, -0.05) is 73.5 Å². The zero-order valence-corrected chi connectivity index (χ0v) is 30.3. The molecule has 0 aliphatic heterocycles. The number of nitrogens with two attached hydrogens (primary N) is 2. The Balaban J connectivity index is 0.000000154. The molecular weight excluding hydrogens is 673 g/mol. The largest absolute Gasteiger partial charge is 0.457 e. The molecule has 4 aromatic heterocycles. The fraction of sp³-hybridized carbons (Fsp3) is 0.182. The molecule has 0 bridgehead atoms. The van der Waals surface area contributed by atoms with Gasteiger partial charge in [0.1, 0.15) is 58.6 Å². The normalized spacial score (nSPS) is 12.9. The highest BCUT2D eigenvalue weighted by molar-refractivity contribution is 6.01. The summed E-state index contributed by atoms with van der Waals surface area (Å²) >= 11 is 0. The van der Waals surface area contributed by atoms with E-state index in [1.165, 1.54) is 32.0 Å². The quantitative estimate of drug-likeness (QED) is 0.159. The molecule has 4 heterocycles. The molecule has 0 unspecified atom stereocenters. The summed E-state index contributed by atoms with van der Waals surface area (Å²) in [6, 6.07) is 36.4. The third kappa shape index (κ3) is 7.06. The number of nitrogen functional groups attached to an aromatic ring is 2. The molecule has 10 heteroatoms. The molecule has 0 amide bonds. The lowest BCUT2D eigenvalue weighted by Gasteiger charge is -2.12. The van der Waals surface area contributed by atoms with E-state index in [0.29, 0.717) is 17.7 Å². The minimum Gasteiger partial charge on any atom is -0.457 e. The van der Waals surface area contributed by atoms with Gasteiger partial charge in [0.05, 0.1) is 10.8 Å². The number of hydrogen-bond acceptors (Lipinski definition) is 8. The standard InChI is InChI=1S/C23H22N4O.C21H20N4O/c24-22-21-20(14-27(17-6-4-5-7-17)23(21)26-15-25-22)16-10-12-19(13-11-16)28-18-8-2-1-3-9-18;1-14(2)25-12-18(19-20(22)23-13-24-21(19)25)15-8-10-17(11-9-15)26-16-6-4-3-5-7-16/h1-3,8-15,17H,4-7H2,(H2,24,25,26);3-14H,1-2H3,(H2,22,23,24). The van der Waals surface area contributed by atoms with Crippen LogP contribution in [0.1, 0.15) is 51.6 Å². The van der Waals surface area contributed by atoms with Gasteiger partial charge in [-0.15, -0.1) is 0 Å². The number of nitrogens with zero attached hydrogens (tertiary/aromatic N) is 6. The van der Waals surface area contributed by atoms with Crippen LogP contribution < -0.4 is 20.9 Å². The Morgan fingerprint density at radius 3 is 1.50 bits per heavy atom.